The van der Waals surface area contributed by atoms with E-state index < -0.39 is 0 Å². The maximum atomic E-state index is 5.83. The number of nitrogens with one attached hydrogen (secondary N) is 1. The maximum absolute atomic E-state index is 5.83. The Bertz CT molecular complexity index is 349. The molecule has 1 aromatic rings. The first-order valence-electron chi connectivity index (χ1n) is 5.32. The van der Waals surface area contributed by atoms with Crippen molar-refractivity contribution in [2.45, 2.75) is 12.6 Å². The molecule has 0 aliphatic heterocycles. The highest BCUT2D eigenvalue weighted by atomic mass is 79.9. The van der Waals surface area contributed by atoms with Gasteiger partial charge >= 0.3 is 0 Å². The van der Waals surface area contributed by atoms with Crippen LogP contribution in [-0.4, -0.2) is 32.7 Å². The van der Waals surface area contributed by atoms with Crippen LogP contribution in [0.1, 0.15) is 5.56 Å². The van der Waals surface area contributed by atoms with Crippen molar-refractivity contribution in [3.63, 3.8) is 0 Å². The molecule has 1 unspecified atom stereocenters. The molecule has 0 aromatic heterocycles. The van der Waals surface area contributed by atoms with E-state index in [0.29, 0.717) is 19.0 Å². The van der Waals surface area contributed by atoms with Crippen molar-refractivity contribution >= 4 is 27.5 Å². The minimum absolute atomic E-state index is 0.144. The Balaban J connectivity index is 2.63. The topological polar surface area (TPSA) is 30.5 Å². The molecule has 1 N–H and O–H groups in total. The van der Waals surface area contributed by atoms with E-state index in [1.807, 2.05) is 18.2 Å². The average Bonchev–Trinajstić information content (AvgIpc) is 2.34. The highest BCUT2D eigenvalue weighted by molar-refractivity contribution is 9.10. The normalized spacial score (nSPS) is 12.5. The third-order valence-corrected chi connectivity index (χ3v) is 3.24. The zero-order chi connectivity index (χ0) is 12.7. The van der Waals surface area contributed by atoms with Crippen LogP contribution in [0.5, 0.6) is 5.75 Å². The van der Waals surface area contributed by atoms with Gasteiger partial charge in [0.2, 0.25) is 0 Å². The lowest BCUT2D eigenvalue weighted by molar-refractivity contribution is 0.172. The summed E-state index contributed by atoms with van der Waals surface area (Å²) >= 11 is 9.28. The summed E-state index contributed by atoms with van der Waals surface area (Å²) in [6.45, 7) is 1.29. The highest BCUT2D eigenvalue weighted by Gasteiger charge is 2.09. The predicted octanol–water partition coefficient (Wildman–Crippen LogP) is 2.80. The lowest BCUT2D eigenvalue weighted by Crippen LogP contribution is -2.34. The van der Waals surface area contributed by atoms with Crippen LogP contribution < -0.4 is 10.1 Å². The molecule has 0 aliphatic rings. The summed E-state index contributed by atoms with van der Waals surface area (Å²) in [4.78, 5) is 0. The second kappa shape index (κ2) is 7.93. The van der Waals surface area contributed by atoms with Crippen molar-refractivity contribution in [2.75, 3.05) is 26.7 Å². The Kier molecular flexibility index (Phi) is 6.89. The van der Waals surface area contributed by atoms with Crippen LogP contribution in [0.4, 0.5) is 0 Å². The van der Waals surface area contributed by atoms with Crippen molar-refractivity contribution in [2.24, 2.45) is 0 Å². The van der Waals surface area contributed by atoms with Crippen molar-refractivity contribution in [3.05, 3.63) is 28.2 Å². The smallest absolute Gasteiger partial charge is 0.123 e. The monoisotopic (exact) mass is 321 g/mol. The summed E-state index contributed by atoms with van der Waals surface area (Å²) in [6.07, 6.45) is 0. The summed E-state index contributed by atoms with van der Waals surface area (Å²) in [7, 11) is 3.34. The number of hydrogen-bond donors (Lipinski definition) is 1. The molecule has 0 heterocycles. The molecule has 0 radical (unpaired) electrons. The number of benzene rings is 1. The van der Waals surface area contributed by atoms with Gasteiger partial charge in [0.1, 0.15) is 5.75 Å². The predicted molar refractivity (Wildman–Crippen MR) is 73.9 cm³/mol. The summed E-state index contributed by atoms with van der Waals surface area (Å²) in [5.41, 5.74) is 1.09. The molecule has 0 amide bonds. The quantitative estimate of drug-likeness (QED) is 0.783. The van der Waals surface area contributed by atoms with E-state index in [1.54, 1.807) is 14.2 Å². The van der Waals surface area contributed by atoms with Crippen molar-refractivity contribution < 1.29 is 9.47 Å². The van der Waals surface area contributed by atoms with Crippen LogP contribution in [-0.2, 0) is 11.3 Å². The molecule has 0 saturated carbocycles. The fourth-order valence-electron chi connectivity index (χ4n) is 1.50. The molecule has 96 valence electrons. The van der Waals surface area contributed by atoms with Crippen molar-refractivity contribution in [1.29, 1.82) is 0 Å². The third-order valence-electron chi connectivity index (χ3n) is 2.38. The third kappa shape index (κ3) is 4.84. The zero-order valence-electron chi connectivity index (χ0n) is 10.0. The number of rotatable bonds is 7. The van der Waals surface area contributed by atoms with E-state index in [0.717, 1.165) is 15.8 Å². The van der Waals surface area contributed by atoms with Crippen LogP contribution in [0.25, 0.3) is 0 Å². The van der Waals surface area contributed by atoms with Gasteiger partial charge in [0, 0.05) is 35.6 Å². The Morgan fingerprint density at radius 3 is 2.76 bits per heavy atom. The van der Waals surface area contributed by atoms with Crippen LogP contribution in [0.15, 0.2) is 22.7 Å². The van der Waals surface area contributed by atoms with Crippen LogP contribution in [0, 0.1) is 0 Å². The largest absolute Gasteiger partial charge is 0.496 e. The average molecular weight is 323 g/mol. The molecule has 1 atom stereocenters. The van der Waals surface area contributed by atoms with Gasteiger partial charge in [0.25, 0.3) is 0 Å². The first-order chi connectivity index (χ1) is 8.21. The SMILES string of the molecule is COCC(CCl)NCc1cc(Br)ccc1OC. The number of ether oxygens (including phenoxy) is 2. The minimum atomic E-state index is 0.144. The summed E-state index contributed by atoms with van der Waals surface area (Å²) in [6, 6.07) is 6.07. The standard InChI is InChI=1S/C12H17BrClNO2/c1-16-8-11(6-14)15-7-9-5-10(13)3-4-12(9)17-2/h3-5,11,15H,6-8H2,1-2H3. The molecule has 1 aromatic carbocycles. The van der Waals surface area contributed by atoms with Crippen LogP contribution in [0.2, 0.25) is 0 Å². The van der Waals surface area contributed by atoms with E-state index in [9.17, 15) is 0 Å². The number of hydrogen-bond acceptors (Lipinski definition) is 3. The Labute approximate surface area is 116 Å². The van der Waals surface area contributed by atoms with Crippen molar-refractivity contribution in [1.82, 2.24) is 5.32 Å². The van der Waals surface area contributed by atoms with E-state index in [1.165, 1.54) is 0 Å². The molecule has 0 spiro atoms. The van der Waals surface area contributed by atoms with E-state index >= 15 is 0 Å². The molecule has 3 nitrogen and oxygen atoms in total. The second-order valence-electron chi connectivity index (χ2n) is 3.64. The van der Waals surface area contributed by atoms with Gasteiger partial charge in [-0.3, -0.25) is 0 Å². The number of halogens is 2. The Hall–Kier alpha value is -0.290. The molecule has 0 fully saturated rings. The summed E-state index contributed by atoms with van der Waals surface area (Å²) in [5, 5.41) is 3.33. The zero-order valence-corrected chi connectivity index (χ0v) is 12.3. The summed E-state index contributed by atoms with van der Waals surface area (Å²) < 4.78 is 11.4. The number of methoxy groups -OCH3 is 2. The van der Waals surface area contributed by atoms with Gasteiger partial charge in [-0.1, -0.05) is 15.9 Å². The highest BCUT2D eigenvalue weighted by Crippen LogP contribution is 2.22. The first-order valence-corrected chi connectivity index (χ1v) is 6.64. The maximum Gasteiger partial charge on any atom is 0.123 e. The molecular weight excluding hydrogens is 305 g/mol. The molecule has 1 rings (SSSR count). The van der Waals surface area contributed by atoms with Gasteiger partial charge in [-0.25, -0.2) is 0 Å². The minimum Gasteiger partial charge on any atom is -0.496 e. The van der Waals surface area contributed by atoms with E-state index in [2.05, 4.69) is 21.2 Å². The molecule has 5 heteroatoms. The van der Waals surface area contributed by atoms with Gasteiger partial charge in [-0.05, 0) is 18.2 Å². The van der Waals surface area contributed by atoms with Crippen molar-refractivity contribution in [3.8, 4) is 5.75 Å². The van der Waals surface area contributed by atoms with Gasteiger partial charge < -0.3 is 14.8 Å². The van der Waals surface area contributed by atoms with Gasteiger partial charge in [0.15, 0.2) is 0 Å². The van der Waals surface area contributed by atoms with Gasteiger partial charge in [-0.2, -0.15) is 0 Å². The fourth-order valence-corrected chi connectivity index (χ4v) is 2.11. The van der Waals surface area contributed by atoms with Crippen LogP contribution in [0.3, 0.4) is 0 Å². The molecule has 0 saturated heterocycles. The molecule has 0 bridgehead atoms. The Morgan fingerprint density at radius 1 is 1.41 bits per heavy atom. The van der Waals surface area contributed by atoms with Gasteiger partial charge in [0.05, 0.1) is 13.7 Å². The Morgan fingerprint density at radius 2 is 2.18 bits per heavy atom. The van der Waals surface area contributed by atoms with Crippen LogP contribution >= 0.6 is 27.5 Å². The second-order valence-corrected chi connectivity index (χ2v) is 4.87. The van der Waals surface area contributed by atoms with E-state index in [4.69, 9.17) is 21.1 Å². The lowest BCUT2D eigenvalue weighted by Gasteiger charge is -2.16. The number of alkyl halides is 1. The molecule has 17 heavy (non-hydrogen) atoms. The molecule has 0 aliphatic carbocycles. The first kappa shape index (κ1) is 14.8. The van der Waals surface area contributed by atoms with E-state index in [-0.39, 0.29) is 6.04 Å². The summed E-state index contributed by atoms with van der Waals surface area (Å²) in [5.74, 6) is 1.39. The fraction of sp³-hybridized carbons (Fsp3) is 0.500. The lowest BCUT2D eigenvalue weighted by atomic mass is 10.2. The van der Waals surface area contributed by atoms with Gasteiger partial charge in [-0.15, -0.1) is 11.6 Å². The molecular formula is C12H17BrClNO2.